The molecule has 0 spiro atoms. The number of azide groups is 1. The lowest BCUT2D eigenvalue weighted by molar-refractivity contribution is -0.197. The lowest BCUT2D eigenvalue weighted by atomic mass is 10.1. The molecule has 0 aliphatic carbocycles. The Hall–Kier alpha value is -4.57. The van der Waals surface area contributed by atoms with Gasteiger partial charge in [0.1, 0.15) is 0 Å². The fourth-order valence-electron chi connectivity index (χ4n) is 3.11. The summed E-state index contributed by atoms with van der Waals surface area (Å²) in [6.45, 7) is 0.435. The smallest absolute Gasteiger partial charge is 0.333 e. The van der Waals surface area contributed by atoms with Crippen molar-refractivity contribution in [2.45, 2.75) is 38.5 Å². The van der Waals surface area contributed by atoms with Gasteiger partial charge in [-0.05, 0) is 54.8 Å². The minimum Gasteiger partial charge on any atom is -0.352 e. The van der Waals surface area contributed by atoms with Crippen molar-refractivity contribution in [1.82, 2.24) is 10.4 Å². The molecule has 0 aromatic heterocycles. The second-order valence-electron chi connectivity index (χ2n) is 7.56. The van der Waals surface area contributed by atoms with Crippen molar-refractivity contribution >= 4 is 40.8 Å². The molecule has 0 saturated carbocycles. The molecule has 2 aromatic carbocycles. The van der Waals surface area contributed by atoms with E-state index in [9.17, 15) is 19.2 Å². The summed E-state index contributed by atoms with van der Waals surface area (Å²) in [5.41, 5.74) is 10.5. The number of nitrogens with zero attached hydrogens (tertiary/aromatic N) is 6. The second kappa shape index (κ2) is 12.6. The fraction of sp³-hybridized carbons (Fsp3) is 0.304. The van der Waals surface area contributed by atoms with Crippen molar-refractivity contribution in [3.05, 3.63) is 64.5 Å². The van der Waals surface area contributed by atoms with Crippen LogP contribution in [-0.4, -0.2) is 35.3 Å². The molecule has 3 rings (SSSR count). The van der Waals surface area contributed by atoms with E-state index in [2.05, 4.69) is 25.6 Å². The van der Waals surface area contributed by atoms with Crippen LogP contribution < -0.4 is 5.32 Å². The van der Waals surface area contributed by atoms with Gasteiger partial charge in [0.25, 0.3) is 17.7 Å². The first-order chi connectivity index (χ1) is 17.0. The third-order valence-corrected chi connectivity index (χ3v) is 4.96. The second-order valence-corrected chi connectivity index (χ2v) is 7.56. The van der Waals surface area contributed by atoms with Gasteiger partial charge in [0.2, 0.25) is 0 Å². The molecule has 1 N–H and O–H groups in total. The number of nitrogens with one attached hydrogen (secondary N) is 1. The van der Waals surface area contributed by atoms with Crippen LogP contribution in [0.5, 0.6) is 0 Å². The van der Waals surface area contributed by atoms with Gasteiger partial charge in [0.05, 0.1) is 11.4 Å². The average molecular weight is 477 g/mol. The van der Waals surface area contributed by atoms with Crippen LogP contribution in [0.4, 0.5) is 17.1 Å². The third kappa shape index (κ3) is 7.76. The lowest BCUT2D eigenvalue weighted by Gasteiger charge is -2.12. The van der Waals surface area contributed by atoms with E-state index in [-0.39, 0.29) is 25.2 Å². The standard InChI is InChI=1S/C23H23N7O5/c24-29-28-19-11-9-18(10-12-19)27-26-17-7-5-16(6-8-17)23(34)25-15-3-1-2-4-22(33)35-30-20(31)13-14-21(30)32/h5-12H,1-4,13-15H2,(H,25,34). The van der Waals surface area contributed by atoms with Crippen LogP contribution in [-0.2, 0) is 19.2 Å². The summed E-state index contributed by atoms with van der Waals surface area (Å²) in [5.74, 6) is -1.85. The number of hydroxylamine groups is 2. The number of hydrogen-bond acceptors (Lipinski definition) is 8. The highest BCUT2D eigenvalue weighted by Gasteiger charge is 2.32. The van der Waals surface area contributed by atoms with E-state index < -0.39 is 17.8 Å². The molecule has 0 bridgehead atoms. The molecule has 1 heterocycles. The fourth-order valence-corrected chi connectivity index (χ4v) is 3.11. The normalized spacial score (nSPS) is 13.1. The summed E-state index contributed by atoms with van der Waals surface area (Å²) in [7, 11) is 0. The number of unbranched alkanes of at least 4 members (excludes halogenated alkanes) is 2. The number of azo groups is 1. The highest BCUT2D eigenvalue weighted by molar-refractivity contribution is 6.01. The van der Waals surface area contributed by atoms with Crippen molar-refractivity contribution in [2.75, 3.05) is 6.54 Å². The van der Waals surface area contributed by atoms with Gasteiger partial charge in [-0.3, -0.25) is 14.4 Å². The van der Waals surface area contributed by atoms with Gasteiger partial charge in [-0.15, -0.1) is 5.06 Å². The van der Waals surface area contributed by atoms with Crippen molar-refractivity contribution in [3.8, 4) is 0 Å². The molecule has 2 aromatic rings. The SMILES string of the molecule is [N-]=[N+]=Nc1ccc(N=Nc2ccc(C(=O)NCCCCCC(=O)ON3C(=O)CCC3=O)cc2)cc1. The van der Waals surface area contributed by atoms with Crippen LogP contribution in [0.1, 0.15) is 48.9 Å². The Bertz CT molecular complexity index is 1140. The highest BCUT2D eigenvalue weighted by Crippen LogP contribution is 2.22. The van der Waals surface area contributed by atoms with Crippen LogP contribution in [0.15, 0.2) is 63.9 Å². The van der Waals surface area contributed by atoms with Gasteiger partial charge in [-0.1, -0.05) is 23.7 Å². The van der Waals surface area contributed by atoms with Crippen LogP contribution in [0, 0.1) is 0 Å². The van der Waals surface area contributed by atoms with E-state index in [1.54, 1.807) is 48.5 Å². The topological polar surface area (TPSA) is 166 Å². The Labute approximate surface area is 200 Å². The quantitative estimate of drug-likeness (QED) is 0.159. The van der Waals surface area contributed by atoms with E-state index in [0.29, 0.717) is 53.5 Å². The molecule has 0 unspecified atom stereocenters. The summed E-state index contributed by atoms with van der Waals surface area (Å²) < 4.78 is 0. The Morgan fingerprint density at radius 1 is 0.886 bits per heavy atom. The molecule has 1 saturated heterocycles. The molecule has 3 amide bonds. The molecule has 35 heavy (non-hydrogen) atoms. The average Bonchev–Trinajstić information content (AvgIpc) is 3.18. The number of benzene rings is 2. The molecule has 12 nitrogen and oxygen atoms in total. The molecule has 0 radical (unpaired) electrons. The third-order valence-electron chi connectivity index (χ3n) is 4.96. The first kappa shape index (κ1) is 25.1. The minimum atomic E-state index is -0.625. The number of imide groups is 1. The van der Waals surface area contributed by atoms with Gasteiger partial charge in [-0.25, -0.2) is 4.79 Å². The maximum atomic E-state index is 12.3. The molecular weight excluding hydrogens is 454 g/mol. The summed E-state index contributed by atoms with van der Waals surface area (Å²) in [6, 6.07) is 13.2. The monoisotopic (exact) mass is 477 g/mol. The number of amides is 3. The Kier molecular flexibility index (Phi) is 9.03. The maximum Gasteiger partial charge on any atom is 0.333 e. The Morgan fingerprint density at radius 2 is 1.46 bits per heavy atom. The summed E-state index contributed by atoms with van der Waals surface area (Å²) in [4.78, 5) is 54.4. The predicted octanol–water partition coefficient (Wildman–Crippen LogP) is 4.94. The predicted molar refractivity (Wildman–Crippen MR) is 124 cm³/mol. The van der Waals surface area contributed by atoms with E-state index in [0.717, 1.165) is 0 Å². The molecule has 1 fully saturated rings. The van der Waals surface area contributed by atoms with Crippen LogP contribution in [0.3, 0.4) is 0 Å². The number of hydrogen-bond donors (Lipinski definition) is 1. The van der Waals surface area contributed by atoms with Gasteiger partial charge in [0, 0.05) is 42.0 Å². The maximum absolute atomic E-state index is 12.3. The van der Waals surface area contributed by atoms with Crippen molar-refractivity contribution < 1.29 is 24.0 Å². The van der Waals surface area contributed by atoms with E-state index in [4.69, 9.17) is 10.4 Å². The Morgan fingerprint density at radius 3 is 2.06 bits per heavy atom. The van der Waals surface area contributed by atoms with Gasteiger partial charge >= 0.3 is 5.97 Å². The van der Waals surface area contributed by atoms with E-state index in [1.807, 2.05) is 0 Å². The molecule has 12 heteroatoms. The van der Waals surface area contributed by atoms with Crippen LogP contribution in [0.25, 0.3) is 10.4 Å². The first-order valence-electron chi connectivity index (χ1n) is 11.0. The van der Waals surface area contributed by atoms with Gasteiger partial charge in [0.15, 0.2) is 0 Å². The lowest BCUT2D eigenvalue weighted by Crippen LogP contribution is -2.31. The van der Waals surface area contributed by atoms with E-state index in [1.165, 1.54) is 0 Å². The zero-order valence-electron chi connectivity index (χ0n) is 18.8. The van der Waals surface area contributed by atoms with Crippen molar-refractivity contribution in [2.24, 2.45) is 15.3 Å². The summed E-state index contributed by atoms with van der Waals surface area (Å²) in [6.07, 6.45) is 2.05. The zero-order chi connectivity index (χ0) is 25.0. The Balaban J connectivity index is 1.33. The van der Waals surface area contributed by atoms with Crippen LogP contribution in [0.2, 0.25) is 0 Å². The van der Waals surface area contributed by atoms with Crippen molar-refractivity contribution in [3.63, 3.8) is 0 Å². The number of carbonyl (C=O) groups excluding carboxylic acids is 4. The van der Waals surface area contributed by atoms with E-state index >= 15 is 0 Å². The molecule has 1 aliphatic rings. The number of carbonyl (C=O) groups is 4. The molecule has 0 atom stereocenters. The summed E-state index contributed by atoms with van der Waals surface area (Å²) in [5, 5.41) is 15.1. The molecule has 1 aliphatic heterocycles. The highest BCUT2D eigenvalue weighted by atomic mass is 16.7. The minimum absolute atomic E-state index is 0.0638. The largest absolute Gasteiger partial charge is 0.352 e. The van der Waals surface area contributed by atoms with Crippen LogP contribution >= 0.6 is 0 Å². The van der Waals surface area contributed by atoms with Gasteiger partial charge < -0.3 is 10.2 Å². The first-order valence-corrected chi connectivity index (χ1v) is 11.0. The zero-order valence-corrected chi connectivity index (χ0v) is 18.8. The van der Waals surface area contributed by atoms with Gasteiger partial charge in [-0.2, -0.15) is 10.2 Å². The van der Waals surface area contributed by atoms with Crippen molar-refractivity contribution in [1.29, 1.82) is 0 Å². The summed E-state index contributed by atoms with van der Waals surface area (Å²) >= 11 is 0. The molecular formula is C23H23N7O5. The number of rotatable bonds is 11. The molecule has 180 valence electrons.